The number of benzene rings is 2. The molecule has 1 amide bonds. The predicted octanol–water partition coefficient (Wildman–Crippen LogP) is 3.69. The Bertz CT molecular complexity index is 1180. The summed E-state index contributed by atoms with van der Waals surface area (Å²) in [6.07, 6.45) is 2.84. The summed E-state index contributed by atoms with van der Waals surface area (Å²) in [5.41, 5.74) is 4.00. The summed E-state index contributed by atoms with van der Waals surface area (Å²) in [7, 11) is 0. The number of carbonyl (C=O) groups excluding carboxylic acids is 1. The van der Waals surface area contributed by atoms with Crippen molar-refractivity contribution in [1.82, 2.24) is 15.3 Å². The minimum atomic E-state index is -0.00140. The molecular weight excluding hydrogens is 354 g/mol. The van der Waals surface area contributed by atoms with E-state index in [4.69, 9.17) is 9.47 Å². The van der Waals surface area contributed by atoms with Gasteiger partial charge in [0.05, 0.1) is 11.7 Å². The van der Waals surface area contributed by atoms with Gasteiger partial charge >= 0.3 is 0 Å². The Morgan fingerprint density at radius 3 is 2.89 bits per heavy atom. The van der Waals surface area contributed by atoms with Crippen LogP contribution in [0.4, 0.5) is 0 Å². The van der Waals surface area contributed by atoms with Crippen molar-refractivity contribution in [2.45, 2.75) is 19.4 Å². The third-order valence-electron chi connectivity index (χ3n) is 4.98. The van der Waals surface area contributed by atoms with Gasteiger partial charge < -0.3 is 19.8 Å². The number of amides is 1. The average molecular weight is 373 g/mol. The highest BCUT2D eigenvalue weighted by Gasteiger charge is 2.13. The van der Waals surface area contributed by atoms with Crippen molar-refractivity contribution in [3.8, 4) is 11.5 Å². The number of carbonyl (C=O) groups is 1. The molecule has 4 aromatic rings. The zero-order chi connectivity index (χ0) is 18.9. The fraction of sp³-hybridized carbons (Fsp3) is 0.182. The first-order valence-electron chi connectivity index (χ1n) is 9.27. The zero-order valence-corrected chi connectivity index (χ0v) is 15.2. The normalized spacial score (nSPS) is 12.6. The van der Waals surface area contributed by atoms with E-state index in [9.17, 15) is 4.79 Å². The van der Waals surface area contributed by atoms with Crippen LogP contribution < -0.4 is 14.8 Å². The number of fused-ring (bicyclic) bond motifs is 4. The van der Waals surface area contributed by atoms with Gasteiger partial charge in [0.25, 0.3) is 0 Å². The monoisotopic (exact) mass is 373 g/mol. The third-order valence-corrected chi connectivity index (χ3v) is 4.98. The SMILES string of the molecule is O=C(CCc1cc2c(cn1)[nH]c1ccccc12)NCc1ccc2c(c1)OCO2. The molecule has 5 rings (SSSR count). The molecule has 0 saturated heterocycles. The zero-order valence-electron chi connectivity index (χ0n) is 15.2. The Morgan fingerprint density at radius 1 is 1.04 bits per heavy atom. The van der Waals surface area contributed by atoms with Crippen LogP contribution in [-0.4, -0.2) is 22.7 Å². The molecule has 6 heteroatoms. The lowest BCUT2D eigenvalue weighted by atomic mass is 10.1. The maximum Gasteiger partial charge on any atom is 0.231 e. The lowest BCUT2D eigenvalue weighted by Crippen LogP contribution is -2.23. The van der Waals surface area contributed by atoms with E-state index in [0.29, 0.717) is 19.4 Å². The van der Waals surface area contributed by atoms with Crippen molar-refractivity contribution in [2.24, 2.45) is 0 Å². The molecule has 1 aliphatic rings. The maximum atomic E-state index is 12.2. The van der Waals surface area contributed by atoms with Gasteiger partial charge in [0.2, 0.25) is 12.7 Å². The van der Waals surface area contributed by atoms with E-state index >= 15 is 0 Å². The first kappa shape index (κ1) is 16.6. The molecule has 28 heavy (non-hydrogen) atoms. The van der Waals surface area contributed by atoms with E-state index in [2.05, 4.69) is 33.5 Å². The summed E-state index contributed by atoms with van der Waals surface area (Å²) in [4.78, 5) is 20.1. The number of nitrogens with zero attached hydrogens (tertiary/aromatic N) is 1. The highest BCUT2D eigenvalue weighted by molar-refractivity contribution is 6.06. The number of hydrogen-bond donors (Lipinski definition) is 2. The number of hydrogen-bond acceptors (Lipinski definition) is 4. The lowest BCUT2D eigenvalue weighted by Gasteiger charge is -2.06. The van der Waals surface area contributed by atoms with E-state index in [1.807, 2.05) is 36.5 Å². The topological polar surface area (TPSA) is 76.2 Å². The van der Waals surface area contributed by atoms with Gasteiger partial charge in [-0.05, 0) is 36.2 Å². The van der Waals surface area contributed by atoms with Crippen molar-refractivity contribution in [3.05, 3.63) is 66.0 Å². The molecule has 3 heterocycles. The Hall–Kier alpha value is -3.54. The first-order chi connectivity index (χ1) is 13.8. The number of rotatable bonds is 5. The highest BCUT2D eigenvalue weighted by atomic mass is 16.7. The molecule has 0 aliphatic carbocycles. The molecule has 0 bridgehead atoms. The Labute approximate surface area is 161 Å². The fourth-order valence-electron chi connectivity index (χ4n) is 3.51. The minimum Gasteiger partial charge on any atom is -0.454 e. The number of para-hydroxylation sites is 1. The standard InChI is InChI=1S/C22H19N3O3/c26-22(24-11-14-5-7-20-21(9-14)28-13-27-20)8-6-15-10-17-16-3-1-2-4-18(16)25-19(17)12-23-15/h1-5,7,9-10,12,25H,6,8,11,13H2,(H,24,26). The van der Waals surface area contributed by atoms with Crippen molar-refractivity contribution in [3.63, 3.8) is 0 Å². The van der Waals surface area contributed by atoms with Gasteiger partial charge in [-0.25, -0.2) is 0 Å². The summed E-state index contributed by atoms with van der Waals surface area (Å²) in [5, 5.41) is 5.27. The molecule has 0 saturated carbocycles. The summed E-state index contributed by atoms with van der Waals surface area (Å²) < 4.78 is 10.7. The third kappa shape index (κ3) is 3.13. The Kier molecular flexibility index (Phi) is 4.09. The van der Waals surface area contributed by atoms with Crippen LogP contribution in [0.25, 0.3) is 21.8 Å². The van der Waals surface area contributed by atoms with E-state index in [1.165, 1.54) is 5.39 Å². The Morgan fingerprint density at radius 2 is 1.93 bits per heavy atom. The number of nitrogens with one attached hydrogen (secondary N) is 2. The number of H-pyrrole nitrogens is 1. The van der Waals surface area contributed by atoms with Gasteiger partial charge in [-0.1, -0.05) is 24.3 Å². The van der Waals surface area contributed by atoms with E-state index in [1.54, 1.807) is 0 Å². The van der Waals surface area contributed by atoms with Crippen molar-refractivity contribution in [2.75, 3.05) is 6.79 Å². The number of aromatic amines is 1. The van der Waals surface area contributed by atoms with Crippen LogP contribution in [0.15, 0.2) is 54.7 Å². The minimum absolute atomic E-state index is 0.00140. The van der Waals surface area contributed by atoms with E-state index in [-0.39, 0.29) is 12.7 Å². The van der Waals surface area contributed by atoms with E-state index < -0.39 is 0 Å². The molecule has 0 atom stereocenters. The summed E-state index contributed by atoms with van der Waals surface area (Å²) >= 11 is 0. The van der Waals surface area contributed by atoms with Crippen LogP contribution in [0.2, 0.25) is 0 Å². The van der Waals surface area contributed by atoms with Crippen molar-refractivity contribution >= 4 is 27.7 Å². The molecule has 0 unspecified atom stereocenters. The number of pyridine rings is 1. The summed E-state index contributed by atoms with van der Waals surface area (Å²) in [6.45, 7) is 0.712. The average Bonchev–Trinajstić information content (AvgIpc) is 3.34. The molecule has 6 nitrogen and oxygen atoms in total. The second kappa shape index (κ2) is 6.88. The molecule has 0 spiro atoms. The molecule has 0 fully saturated rings. The molecule has 2 aromatic carbocycles. The molecule has 2 N–H and O–H groups in total. The summed E-state index contributed by atoms with van der Waals surface area (Å²) in [6, 6.07) is 15.9. The molecular formula is C22H19N3O3. The summed E-state index contributed by atoms with van der Waals surface area (Å²) in [5.74, 6) is 1.47. The lowest BCUT2D eigenvalue weighted by molar-refractivity contribution is -0.121. The highest BCUT2D eigenvalue weighted by Crippen LogP contribution is 2.32. The maximum absolute atomic E-state index is 12.2. The van der Waals surface area contributed by atoms with Crippen LogP contribution in [0.3, 0.4) is 0 Å². The van der Waals surface area contributed by atoms with Crippen molar-refractivity contribution in [1.29, 1.82) is 0 Å². The molecule has 2 aromatic heterocycles. The van der Waals surface area contributed by atoms with Gasteiger partial charge in [0.1, 0.15) is 0 Å². The first-order valence-corrected chi connectivity index (χ1v) is 9.27. The van der Waals surface area contributed by atoms with Crippen LogP contribution >= 0.6 is 0 Å². The van der Waals surface area contributed by atoms with Gasteiger partial charge in [-0.15, -0.1) is 0 Å². The van der Waals surface area contributed by atoms with Gasteiger partial charge in [0, 0.05) is 34.9 Å². The van der Waals surface area contributed by atoms with Crippen LogP contribution in [0.5, 0.6) is 11.5 Å². The number of ether oxygens (including phenoxy) is 2. The van der Waals surface area contributed by atoms with Crippen LogP contribution in [-0.2, 0) is 17.8 Å². The second-order valence-electron chi connectivity index (χ2n) is 6.86. The van der Waals surface area contributed by atoms with Crippen LogP contribution in [0.1, 0.15) is 17.7 Å². The number of aryl methyl sites for hydroxylation is 1. The molecule has 1 aliphatic heterocycles. The number of aromatic nitrogens is 2. The van der Waals surface area contributed by atoms with Gasteiger partial charge in [0.15, 0.2) is 11.5 Å². The quantitative estimate of drug-likeness (QED) is 0.559. The van der Waals surface area contributed by atoms with E-state index in [0.717, 1.165) is 39.2 Å². The largest absolute Gasteiger partial charge is 0.454 e. The predicted molar refractivity (Wildman–Crippen MR) is 106 cm³/mol. The van der Waals surface area contributed by atoms with Gasteiger partial charge in [-0.2, -0.15) is 0 Å². The Balaban J connectivity index is 1.22. The molecule has 140 valence electrons. The smallest absolute Gasteiger partial charge is 0.231 e. The second-order valence-corrected chi connectivity index (χ2v) is 6.86. The molecule has 0 radical (unpaired) electrons. The van der Waals surface area contributed by atoms with Gasteiger partial charge in [-0.3, -0.25) is 9.78 Å². The van der Waals surface area contributed by atoms with Crippen LogP contribution in [0, 0.1) is 0 Å². The fourth-order valence-corrected chi connectivity index (χ4v) is 3.51. The van der Waals surface area contributed by atoms with Crippen molar-refractivity contribution < 1.29 is 14.3 Å².